The van der Waals surface area contributed by atoms with Gasteiger partial charge in [-0.2, -0.15) is 0 Å². The molecular weight excluding hydrogens is 374 g/mol. The van der Waals surface area contributed by atoms with Gasteiger partial charge in [0, 0.05) is 36.5 Å². The van der Waals surface area contributed by atoms with E-state index in [0.29, 0.717) is 18.1 Å². The maximum absolute atomic E-state index is 12.2. The van der Waals surface area contributed by atoms with E-state index in [4.69, 9.17) is 4.98 Å². The molecule has 0 spiro atoms. The highest BCUT2D eigenvalue weighted by atomic mass is 16.2. The van der Waals surface area contributed by atoms with Crippen LogP contribution in [-0.2, 0) is 4.79 Å². The third-order valence-corrected chi connectivity index (χ3v) is 5.12. The minimum atomic E-state index is 0.164. The Hall–Kier alpha value is -3.54. The van der Waals surface area contributed by atoms with Gasteiger partial charge in [0.15, 0.2) is 5.82 Å². The van der Waals surface area contributed by atoms with Crippen molar-refractivity contribution >= 4 is 28.9 Å². The first kappa shape index (κ1) is 19.8. The van der Waals surface area contributed by atoms with Gasteiger partial charge >= 0.3 is 0 Å². The SMILES string of the molecule is CC(=Nc1cc(N2CCCCC2=O)ccn1)Nc1ccc(-c2ccccc2)nc1C. The average molecular weight is 399 g/mol. The zero-order valence-electron chi connectivity index (χ0n) is 17.3. The molecule has 6 heteroatoms. The highest BCUT2D eigenvalue weighted by molar-refractivity contribution is 5.96. The van der Waals surface area contributed by atoms with E-state index in [-0.39, 0.29) is 5.91 Å². The Bertz CT molecular complexity index is 1080. The van der Waals surface area contributed by atoms with Crippen LogP contribution in [0.3, 0.4) is 0 Å². The van der Waals surface area contributed by atoms with Crippen molar-refractivity contribution in [2.75, 3.05) is 16.8 Å². The number of aliphatic imine (C=N–C) groups is 1. The number of hydrogen-bond donors (Lipinski definition) is 1. The van der Waals surface area contributed by atoms with Crippen LogP contribution in [0.5, 0.6) is 0 Å². The summed E-state index contributed by atoms with van der Waals surface area (Å²) in [6, 6.07) is 17.8. The van der Waals surface area contributed by atoms with E-state index in [1.54, 1.807) is 6.20 Å². The lowest BCUT2D eigenvalue weighted by Gasteiger charge is -2.26. The molecule has 1 aromatic carbocycles. The first-order chi connectivity index (χ1) is 14.6. The lowest BCUT2D eigenvalue weighted by Crippen LogP contribution is -2.35. The monoisotopic (exact) mass is 399 g/mol. The maximum Gasteiger partial charge on any atom is 0.226 e. The average Bonchev–Trinajstić information content (AvgIpc) is 2.76. The van der Waals surface area contributed by atoms with Gasteiger partial charge < -0.3 is 10.2 Å². The number of aromatic nitrogens is 2. The number of benzene rings is 1. The third-order valence-electron chi connectivity index (χ3n) is 5.12. The van der Waals surface area contributed by atoms with Crippen molar-refractivity contribution in [1.82, 2.24) is 9.97 Å². The summed E-state index contributed by atoms with van der Waals surface area (Å²) in [6.45, 7) is 4.62. The molecule has 1 aliphatic rings. The smallest absolute Gasteiger partial charge is 0.226 e. The largest absolute Gasteiger partial charge is 0.342 e. The maximum atomic E-state index is 12.2. The minimum absolute atomic E-state index is 0.164. The van der Waals surface area contributed by atoms with Gasteiger partial charge in [0.25, 0.3) is 0 Å². The Kier molecular flexibility index (Phi) is 5.84. The summed E-state index contributed by atoms with van der Waals surface area (Å²) < 4.78 is 0. The molecule has 3 aromatic rings. The molecule has 0 saturated carbocycles. The van der Waals surface area contributed by atoms with Crippen LogP contribution < -0.4 is 10.2 Å². The number of pyridine rings is 2. The molecule has 6 nitrogen and oxygen atoms in total. The van der Waals surface area contributed by atoms with E-state index in [9.17, 15) is 4.79 Å². The second kappa shape index (κ2) is 8.86. The Morgan fingerprint density at radius 2 is 1.93 bits per heavy atom. The molecule has 0 bridgehead atoms. The summed E-state index contributed by atoms with van der Waals surface area (Å²) in [5, 5.41) is 3.31. The number of nitrogens with zero attached hydrogens (tertiary/aromatic N) is 4. The van der Waals surface area contributed by atoms with Crippen molar-refractivity contribution in [3.05, 3.63) is 66.5 Å². The number of piperidine rings is 1. The van der Waals surface area contributed by atoms with Crippen molar-refractivity contribution in [3.63, 3.8) is 0 Å². The van der Waals surface area contributed by atoms with Crippen LogP contribution in [0.15, 0.2) is 65.8 Å². The molecule has 0 aliphatic carbocycles. The van der Waals surface area contributed by atoms with E-state index in [0.717, 1.165) is 47.7 Å². The zero-order chi connectivity index (χ0) is 20.9. The number of aryl methyl sites for hydroxylation is 1. The molecule has 2 aromatic heterocycles. The van der Waals surface area contributed by atoms with Crippen LogP contribution in [-0.4, -0.2) is 28.3 Å². The second-order valence-corrected chi connectivity index (χ2v) is 7.39. The number of nitrogens with one attached hydrogen (secondary N) is 1. The molecule has 0 radical (unpaired) electrons. The minimum Gasteiger partial charge on any atom is -0.342 e. The summed E-state index contributed by atoms with van der Waals surface area (Å²) in [5.41, 5.74) is 4.68. The standard InChI is InChI=1S/C24H25N5O/c1-17-21(11-12-22(26-17)19-8-4-3-5-9-19)27-18(2)28-23-16-20(13-14-25-23)29-15-7-6-10-24(29)30/h3-5,8-9,11-14,16H,6-7,10,15H2,1-2H3,(H,25,27,28). The van der Waals surface area contributed by atoms with Crippen LogP contribution in [0.4, 0.5) is 17.2 Å². The lowest BCUT2D eigenvalue weighted by molar-refractivity contribution is -0.119. The van der Waals surface area contributed by atoms with Crippen molar-refractivity contribution < 1.29 is 4.79 Å². The molecule has 1 aliphatic heterocycles. The molecular formula is C24H25N5O. The van der Waals surface area contributed by atoms with E-state index in [1.165, 1.54) is 0 Å². The predicted octanol–water partition coefficient (Wildman–Crippen LogP) is 5.13. The molecule has 30 heavy (non-hydrogen) atoms. The van der Waals surface area contributed by atoms with E-state index < -0.39 is 0 Å². The highest BCUT2D eigenvalue weighted by Crippen LogP contribution is 2.24. The van der Waals surface area contributed by atoms with Crippen LogP contribution in [0.2, 0.25) is 0 Å². The number of hydrogen-bond acceptors (Lipinski definition) is 4. The van der Waals surface area contributed by atoms with Gasteiger partial charge in [-0.15, -0.1) is 0 Å². The highest BCUT2D eigenvalue weighted by Gasteiger charge is 2.19. The molecule has 3 heterocycles. The first-order valence-corrected chi connectivity index (χ1v) is 10.2. The van der Waals surface area contributed by atoms with Gasteiger partial charge in [0.05, 0.1) is 17.1 Å². The molecule has 1 amide bonds. The number of amides is 1. The van der Waals surface area contributed by atoms with Gasteiger partial charge in [0.1, 0.15) is 5.84 Å². The van der Waals surface area contributed by atoms with Crippen molar-refractivity contribution in [2.45, 2.75) is 33.1 Å². The second-order valence-electron chi connectivity index (χ2n) is 7.39. The molecule has 0 unspecified atom stereocenters. The lowest BCUT2D eigenvalue weighted by atomic mass is 10.1. The summed E-state index contributed by atoms with van der Waals surface area (Å²) in [6.07, 6.45) is 4.29. The van der Waals surface area contributed by atoms with Gasteiger partial charge in [-0.25, -0.2) is 9.98 Å². The van der Waals surface area contributed by atoms with Crippen LogP contribution >= 0.6 is 0 Å². The van der Waals surface area contributed by atoms with E-state index >= 15 is 0 Å². The van der Waals surface area contributed by atoms with Gasteiger partial charge in [-0.3, -0.25) is 9.78 Å². The van der Waals surface area contributed by atoms with Gasteiger partial charge in [-0.1, -0.05) is 30.3 Å². The van der Waals surface area contributed by atoms with Crippen LogP contribution in [0.25, 0.3) is 11.3 Å². The van der Waals surface area contributed by atoms with Crippen LogP contribution in [0, 0.1) is 6.92 Å². The number of rotatable bonds is 4. The third kappa shape index (κ3) is 4.54. The Balaban J connectivity index is 1.50. The summed E-state index contributed by atoms with van der Waals surface area (Å²) in [5.74, 6) is 1.45. The predicted molar refractivity (Wildman–Crippen MR) is 121 cm³/mol. The molecule has 1 N–H and O–H groups in total. The summed E-state index contributed by atoms with van der Waals surface area (Å²) >= 11 is 0. The summed E-state index contributed by atoms with van der Waals surface area (Å²) in [4.78, 5) is 27.6. The van der Waals surface area contributed by atoms with Crippen molar-refractivity contribution in [2.24, 2.45) is 4.99 Å². The van der Waals surface area contributed by atoms with E-state index in [1.807, 2.05) is 73.3 Å². The normalized spacial score (nSPS) is 14.7. The zero-order valence-corrected chi connectivity index (χ0v) is 17.3. The molecule has 1 saturated heterocycles. The molecule has 4 rings (SSSR count). The number of amidine groups is 1. The first-order valence-electron chi connectivity index (χ1n) is 10.2. The van der Waals surface area contributed by atoms with Crippen molar-refractivity contribution in [3.8, 4) is 11.3 Å². The van der Waals surface area contributed by atoms with Crippen LogP contribution in [0.1, 0.15) is 31.9 Å². The number of carbonyl (C=O) groups excluding carboxylic acids is 1. The Morgan fingerprint density at radius 3 is 2.70 bits per heavy atom. The fourth-order valence-electron chi connectivity index (χ4n) is 3.57. The van der Waals surface area contributed by atoms with Gasteiger partial charge in [0.2, 0.25) is 5.91 Å². The molecule has 152 valence electrons. The topological polar surface area (TPSA) is 70.5 Å². The fraction of sp³-hybridized carbons (Fsp3) is 0.250. The number of carbonyl (C=O) groups is 1. The number of anilines is 2. The molecule has 1 fully saturated rings. The Morgan fingerprint density at radius 1 is 1.10 bits per heavy atom. The van der Waals surface area contributed by atoms with Crippen molar-refractivity contribution in [1.29, 1.82) is 0 Å². The fourth-order valence-corrected chi connectivity index (χ4v) is 3.57. The van der Waals surface area contributed by atoms with Gasteiger partial charge in [-0.05, 0) is 44.9 Å². The van der Waals surface area contributed by atoms with E-state index in [2.05, 4.69) is 15.3 Å². The molecule has 0 atom stereocenters. The quantitative estimate of drug-likeness (QED) is 0.488. The Labute approximate surface area is 176 Å². The summed E-state index contributed by atoms with van der Waals surface area (Å²) in [7, 11) is 0.